The van der Waals surface area contributed by atoms with Crippen molar-refractivity contribution in [3.63, 3.8) is 0 Å². The standard InChI is InChI=1S/C26H36O4S/c1-21-15-17-23(18-16-21)31(27,28)30-19-11-7-5-3-4-6-8-12-24-22(2)20-29-26-14-10-9-13-25(24)26/h9-10,13-18,22,24H,3-8,11-12,19-20H2,1-2H3. The number of fused-ring (bicyclic) bond motifs is 1. The van der Waals surface area contributed by atoms with E-state index in [9.17, 15) is 8.42 Å². The first kappa shape index (κ1) is 23.8. The van der Waals surface area contributed by atoms with Gasteiger partial charge in [-0.3, -0.25) is 4.18 Å². The molecule has 0 bridgehead atoms. The van der Waals surface area contributed by atoms with Gasteiger partial charge in [0.2, 0.25) is 0 Å². The van der Waals surface area contributed by atoms with Gasteiger partial charge in [0.1, 0.15) is 5.75 Å². The Balaban J connectivity index is 1.24. The summed E-state index contributed by atoms with van der Waals surface area (Å²) in [6.45, 7) is 5.31. The second-order valence-corrected chi connectivity index (χ2v) is 10.4. The summed E-state index contributed by atoms with van der Waals surface area (Å²) in [5, 5.41) is 0. The highest BCUT2D eigenvalue weighted by Crippen LogP contribution is 2.39. The summed E-state index contributed by atoms with van der Waals surface area (Å²) in [5.74, 6) is 2.25. The van der Waals surface area contributed by atoms with Crippen LogP contribution in [0.1, 0.15) is 75.3 Å². The molecule has 1 heterocycles. The number of hydrogen-bond donors (Lipinski definition) is 0. The van der Waals surface area contributed by atoms with Crippen LogP contribution in [0, 0.1) is 12.8 Å². The molecule has 170 valence electrons. The molecule has 3 rings (SSSR count). The Morgan fingerprint density at radius 2 is 1.55 bits per heavy atom. The maximum absolute atomic E-state index is 12.2. The molecule has 0 aliphatic carbocycles. The van der Waals surface area contributed by atoms with Crippen molar-refractivity contribution in [3.8, 4) is 5.75 Å². The van der Waals surface area contributed by atoms with Crippen molar-refractivity contribution in [2.45, 2.75) is 76.0 Å². The molecule has 1 aliphatic rings. The first-order valence-corrected chi connectivity index (χ1v) is 13.1. The lowest BCUT2D eigenvalue weighted by Gasteiger charge is -2.31. The van der Waals surface area contributed by atoms with E-state index >= 15 is 0 Å². The minimum absolute atomic E-state index is 0.236. The molecule has 2 aromatic rings. The van der Waals surface area contributed by atoms with Crippen molar-refractivity contribution in [1.82, 2.24) is 0 Å². The summed E-state index contributed by atoms with van der Waals surface area (Å²) in [6.07, 6.45) is 9.09. The zero-order chi connectivity index (χ0) is 22.1. The molecule has 0 aromatic heterocycles. The normalized spacial score (nSPS) is 18.4. The lowest BCUT2D eigenvalue weighted by atomic mass is 9.81. The SMILES string of the molecule is Cc1ccc(S(=O)(=O)OCCCCCCCCCC2c3ccccc3OCC2C)cc1. The van der Waals surface area contributed by atoms with Crippen LogP contribution in [0.25, 0.3) is 0 Å². The molecule has 31 heavy (non-hydrogen) atoms. The van der Waals surface area contributed by atoms with Gasteiger partial charge in [0.15, 0.2) is 0 Å². The van der Waals surface area contributed by atoms with Crippen LogP contribution in [0.15, 0.2) is 53.4 Å². The summed E-state index contributed by atoms with van der Waals surface area (Å²) in [7, 11) is -3.63. The summed E-state index contributed by atoms with van der Waals surface area (Å²) in [5.41, 5.74) is 2.41. The first-order valence-electron chi connectivity index (χ1n) is 11.7. The van der Waals surface area contributed by atoms with Crippen LogP contribution in [-0.4, -0.2) is 21.6 Å². The molecule has 1 aliphatic heterocycles. The van der Waals surface area contributed by atoms with Gasteiger partial charge in [0.25, 0.3) is 10.1 Å². The van der Waals surface area contributed by atoms with Crippen molar-refractivity contribution in [2.24, 2.45) is 5.92 Å². The van der Waals surface area contributed by atoms with Gasteiger partial charge < -0.3 is 4.74 Å². The molecule has 0 N–H and O–H groups in total. The van der Waals surface area contributed by atoms with Crippen LogP contribution in [0.4, 0.5) is 0 Å². The number of benzene rings is 2. The predicted octanol–water partition coefficient (Wildman–Crippen LogP) is 6.63. The molecule has 0 fully saturated rings. The van der Waals surface area contributed by atoms with E-state index in [1.165, 1.54) is 37.7 Å². The van der Waals surface area contributed by atoms with E-state index < -0.39 is 10.1 Å². The molecular formula is C26H36O4S. The zero-order valence-electron chi connectivity index (χ0n) is 18.9. The van der Waals surface area contributed by atoms with Gasteiger partial charge in [-0.15, -0.1) is 0 Å². The molecule has 2 atom stereocenters. The number of aryl methyl sites for hydroxylation is 1. The van der Waals surface area contributed by atoms with Crippen LogP contribution in [0.5, 0.6) is 5.75 Å². The average molecular weight is 445 g/mol. The monoisotopic (exact) mass is 444 g/mol. The maximum atomic E-state index is 12.2. The third-order valence-electron chi connectivity index (χ3n) is 6.21. The third kappa shape index (κ3) is 7.08. The highest BCUT2D eigenvalue weighted by molar-refractivity contribution is 7.86. The molecule has 5 heteroatoms. The van der Waals surface area contributed by atoms with E-state index in [2.05, 4.69) is 31.2 Å². The third-order valence-corrected chi connectivity index (χ3v) is 7.54. The Morgan fingerprint density at radius 1 is 0.903 bits per heavy atom. The second kappa shape index (κ2) is 11.7. The fraction of sp³-hybridized carbons (Fsp3) is 0.538. The number of hydrogen-bond acceptors (Lipinski definition) is 4. The molecule has 0 amide bonds. The first-order chi connectivity index (χ1) is 15.0. The van der Waals surface area contributed by atoms with Crippen LogP contribution in [0.3, 0.4) is 0 Å². The Kier molecular flexibility index (Phi) is 8.97. The molecule has 4 nitrogen and oxygen atoms in total. The van der Waals surface area contributed by atoms with Gasteiger partial charge in [0.05, 0.1) is 18.1 Å². The number of unbranched alkanes of at least 4 members (excludes halogenated alkanes) is 6. The van der Waals surface area contributed by atoms with Crippen molar-refractivity contribution < 1.29 is 17.3 Å². The van der Waals surface area contributed by atoms with E-state index in [1.54, 1.807) is 24.3 Å². The molecule has 0 saturated carbocycles. The maximum Gasteiger partial charge on any atom is 0.296 e. The fourth-order valence-electron chi connectivity index (χ4n) is 4.29. The van der Waals surface area contributed by atoms with Crippen molar-refractivity contribution >= 4 is 10.1 Å². The lowest BCUT2D eigenvalue weighted by Crippen LogP contribution is -2.23. The summed E-state index contributed by atoms with van der Waals surface area (Å²) < 4.78 is 35.3. The molecule has 0 saturated heterocycles. The zero-order valence-corrected chi connectivity index (χ0v) is 19.7. The van der Waals surface area contributed by atoms with Crippen LogP contribution < -0.4 is 4.74 Å². The Hall–Kier alpha value is -1.85. The highest BCUT2D eigenvalue weighted by Gasteiger charge is 2.26. The minimum Gasteiger partial charge on any atom is -0.493 e. The smallest absolute Gasteiger partial charge is 0.296 e. The summed E-state index contributed by atoms with van der Waals surface area (Å²) in [6, 6.07) is 15.3. The minimum atomic E-state index is -3.63. The van der Waals surface area contributed by atoms with Crippen LogP contribution >= 0.6 is 0 Å². The Labute approximate surface area is 188 Å². The Morgan fingerprint density at radius 3 is 2.29 bits per heavy atom. The highest BCUT2D eigenvalue weighted by atomic mass is 32.2. The van der Waals surface area contributed by atoms with Crippen molar-refractivity contribution in [3.05, 3.63) is 59.7 Å². The van der Waals surface area contributed by atoms with Gasteiger partial charge in [-0.25, -0.2) is 0 Å². The number of para-hydroxylation sites is 1. The van der Waals surface area contributed by atoms with E-state index in [0.717, 1.165) is 37.2 Å². The predicted molar refractivity (Wildman–Crippen MR) is 125 cm³/mol. The van der Waals surface area contributed by atoms with E-state index in [1.807, 2.05) is 6.92 Å². The van der Waals surface area contributed by atoms with Gasteiger partial charge in [0, 0.05) is 0 Å². The molecule has 0 spiro atoms. The molecule has 2 aromatic carbocycles. The Bertz CT molecular complexity index is 905. The van der Waals surface area contributed by atoms with E-state index in [0.29, 0.717) is 11.8 Å². The largest absolute Gasteiger partial charge is 0.493 e. The molecule has 2 unspecified atom stereocenters. The van der Waals surface area contributed by atoms with E-state index in [-0.39, 0.29) is 11.5 Å². The summed E-state index contributed by atoms with van der Waals surface area (Å²) >= 11 is 0. The number of ether oxygens (including phenoxy) is 1. The van der Waals surface area contributed by atoms with Crippen molar-refractivity contribution in [2.75, 3.05) is 13.2 Å². The van der Waals surface area contributed by atoms with Gasteiger partial charge >= 0.3 is 0 Å². The van der Waals surface area contributed by atoms with Gasteiger partial charge in [-0.05, 0) is 55.4 Å². The van der Waals surface area contributed by atoms with Gasteiger partial charge in [-0.2, -0.15) is 8.42 Å². The molecule has 0 radical (unpaired) electrons. The lowest BCUT2D eigenvalue weighted by molar-refractivity contribution is 0.198. The second-order valence-electron chi connectivity index (χ2n) is 8.79. The topological polar surface area (TPSA) is 52.6 Å². The quantitative estimate of drug-likeness (QED) is 0.272. The summed E-state index contributed by atoms with van der Waals surface area (Å²) in [4.78, 5) is 0.236. The van der Waals surface area contributed by atoms with Crippen molar-refractivity contribution in [1.29, 1.82) is 0 Å². The van der Waals surface area contributed by atoms with Crippen LogP contribution in [0.2, 0.25) is 0 Å². The molecular weight excluding hydrogens is 408 g/mol. The van der Waals surface area contributed by atoms with Crippen LogP contribution in [-0.2, 0) is 14.3 Å². The number of rotatable bonds is 12. The average Bonchev–Trinajstić information content (AvgIpc) is 2.76. The van der Waals surface area contributed by atoms with E-state index in [4.69, 9.17) is 8.92 Å². The van der Waals surface area contributed by atoms with Gasteiger partial charge in [-0.1, -0.05) is 81.3 Å². The fourth-order valence-corrected chi connectivity index (χ4v) is 5.24.